The van der Waals surface area contributed by atoms with Gasteiger partial charge in [0.25, 0.3) is 11.8 Å². The van der Waals surface area contributed by atoms with Gasteiger partial charge in [-0.1, -0.05) is 29.8 Å². The van der Waals surface area contributed by atoms with Crippen molar-refractivity contribution >= 4 is 57.1 Å². The Bertz CT molecular complexity index is 1000. The summed E-state index contributed by atoms with van der Waals surface area (Å²) >= 11 is 9.61. The van der Waals surface area contributed by atoms with Gasteiger partial charge in [0.05, 0.1) is 21.3 Å². The number of para-hydroxylation sites is 1. The van der Waals surface area contributed by atoms with E-state index >= 15 is 0 Å². The van der Waals surface area contributed by atoms with E-state index in [1.54, 1.807) is 44.2 Å². The Morgan fingerprint density at radius 2 is 1.93 bits per heavy atom. The minimum atomic E-state index is -0.521. The highest BCUT2D eigenvalue weighted by atomic mass is 79.9. The number of nitrogens with zero attached hydrogens (tertiary/aromatic N) is 1. The van der Waals surface area contributed by atoms with Gasteiger partial charge in [0.1, 0.15) is 5.57 Å². The second kappa shape index (κ2) is 9.32. The van der Waals surface area contributed by atoms with Crippen LogP contribution in [0.2, 0.25) is 5.02 Å². The first-order chi connectivity index (χ1) is 14.3. The summed E-state index contributed by atoms with van der Waals surface area (Å²) in [6.07, 6.45) is 1.19. The van der Waals surface area contributed by atoms with Gasteiger partial charge < -0.3 is 9.47 Å². The topological polar surface area (TPSA) is 84.9 Å². The first-order valence-electron chi connectivity index (χ1n) is 8.99. The van der Waals surface area contributed by atoms with E-state index in [1.807, 2.05) is 6.07 Å². The molecule has 9 heteroatoms. The third-order valence-corrected chi connectivity index (χ3v) is 4.81. The van der Waals surface area contributed by atoms with E-state index in [-0.39, 0.29) is 29.1 Å². The van der Waals surface area contributed by atoms with Crippen LogP contribution in [0, 0.1) is 0 Å². The molecule has 1 fully saturated rings. The number of hydrogen-bond acceptors (Lipinski definition) is 5. The number of nitrogens with one attached hydrogen (secondary N) is 1. The minimum absolute atomic E-state index is 0.0315. The molecular weight excluding hydrogens is 476 g/mol. The van der Waals surface area contributed by atoms with Crippen LogP contribution < -0.4 is 15.2 Å². The maximum atomic E-state index is 12.7. The van der Waals surface area contributed by atoms with Crippen LogP contribution in [-0.4, -0.2) is 30.5 Å². The molecule has 0 atom stereocenters. The lowest BCUT2D eigenvalue weighted by molar-refractivity contribution is -0.149. The minimum Gasteiger partial charge on any atom is -0.479 e. The maximum absolute atomic E-state index is 12.7. The molecule has 0 aliphatic carbocycles. The standard InChI is InChI=1S/C21H18BrClN2O5/c1-12(2)30-18(26)11-29-19-16(22)9-13(10-17(19)23)8-15-20(27)24-25(21(15)28)14-6-4-3-5-7-14/h3-10,12H,11H2,1-2H3,(H,24,27). The van der Waals surface area contributed by atoms with E-state index < -0.39 is 17.8 Å². The normalized spacial score (nSPS) is 15.0. The molecular formula is C21H18BrClN2O5. The molecule has 2 amide bonds. The van der Waals surface area contributed by atoms with Crippen molar-refractivity contribution in [3.63, 3.8) is 0 Å². The third kappa shape index (κ3) is 5.01. The molecule has 0 bridgehead atoms. The zero-order valence-electron chi connectivity index (χ0n) is 16.1. The lowest BCUT2D eigenvalue weighted by Gasteiger charge is -2.14. The number of esters is 1. The van der Waals surface area contributed by atoms with Gasteiger partial charge in [0, 0.05) is 0 Å². The summed E-state index contributed by atoms with van der Waals surface area (Å²) in [5.41, 5.74) is 3.57. The average Bonchev–Trinajstić information content (AvgIpc) is 2.95. The number of carbonyl (C=O) groups excluding carboxylic acids is 3. The van der Waals surface area contributed by atoms with Gasteiger partial charge >= 0.3 is 5.97 Å². The number of ether oxygens (including phenoxy) is 2. The molecule has 1 aliphatic rings. The lowest BCUT2D eigenvalue weighted by Crippen LogP contribution is -2.35. The second-order valence-corrected chi connectivity index (χ2v) is 7.88. The van der Waals surface area contributed by atoms with Crippen molar-refractivity contribution < 1.29 is 23.9 Å². The number of rotatable bonds is 6. The summed E-state index contributed by atoms with van der Waals surface area (Å²) < 4.78 is 10.9. The van der Waals surface area contributed by atoms with Crippen molar-refractivity contribution in [1.82, 2.24) is 5.43 Å². The average molecular weight is 494 g/mol. The Hall–Kier alpha value is -2.84. The summed E-state index contributed by atoms with van der Waals surface area (Å²) in [7, 11) is 0. The number of benzene rings is 2. The highest BCUT2D eigenvalue weighted by molar-refractivity contribution is 9.10. The fourth-order valence-electron chi connectivity index (χ4n) is 2.71. The van der Waals surface area contributed by atoms with Gasteiger partial charge in [-0.15, -0.1) is 0 Å². The molecule has 0 saturated carbocycles. The molecule has 1 aliphatic heterocycles. The molecule has 2 aromatic rings. The van der Waals surface area contributed by atoms with Crippen LogP contribution in [0.5, 0.6) is 5.75 Å². The summed E-state index contributed by atoms with van der Waals surface area (Å²) in [4.78, 5) is 36.7. The molecule has 0 spiro atoms. The van der Waals surface area contributed by atoms with Crippen LogP contribution in [0.1, 0.15) is 19.4 Å². The van der Waals surface area contributed by atoms with E-state index in [0.717, 1.165) is 0 Å². The predicted octanol–water partition coefficient (Wildman–Crippen LogP) is 3.89. The molecule has 7 nitrogen and oxygen atoms in total. The van der Waals surface area contributed by atoms with Crippen LogP contribution in [0.4, 0.5) is 5.69 Å². The van der Waals surface area contributed by atoms with E-state index in [4.69, 9.17) is 21.1 Å². The molecule has 0 aromatic heterocycles. The fourth-order valence-corrected chi connectivity index (χ4v) is 3.70. The van der Waals surface area contributed by atoms with Gasteiger partial charge in [-0.2, -0.15) is 0 Å². The van der Waals surface area contributed by atoms with Crippen LogP contribution >= 0.6 is 27.5 Å². The van der Waals surface area contributed by atoms with Crippen molar-refractivity contribution in [2.45, 2.75) is 20.0 Å². The smallest absolute Gasteiger partial charge is 0.344 e. The van der Waals surface area contributed by atoms with E-state index in [0.29, 0.717) is 15.7 Å². The van der Waals surface area contributed by atoms with E-state index in [9.17, 15) is 14.4 Å². The number of carbonyl (C=O) groups is 3. The molecule has 1 heterocycles. The first kappa shape index (κ1) is 21.9. The molecule has 1 saturated heterocycles. The van der Waals surface area contributed by atoms with Crippen molar-refractivity contribution in [2.24, 2.45) is 0 Å². The van der Waals surface area contributed by atoms with Crippen molar-refractivity contribution in [3.05, 3.63) is 63.1 Å². The number of halogens is 2. The quantitative estimate of drug-likeness (QED) is 0.375. The molecule has 30 heavy (non-hydrogen) atoms. The largest absolute Gasteiger partial charge is 0.479 e. The Labute approximate surface area is 186 Å². The van der Waals surface area contributed by atoms with Crippen LogP contribution in [0.25, 0.3) is 6.08 Å². The van der Waals surface area contributed by atoms with Gasteiger partial charge in [0.2, 0.25) is 0 Å². The Morgan fingerprint density at radius 3 is 2.57 bits per heavy atom. The first-order valence-corrected chi connectivity index (χ1v) is 10.2. The van der Waals surface area contributed by atoms with Crippen LogP contribution in [-0.2, 0) is 19.1 Å². The highest BCUT2D eigenvalue weighted by Crippen LogP contribution is 2.35. The number of hydrogen-bond donors (Lipinski definition) is 1. The Balaban J connectivity index is 1.80. The molecule has 3 rings (SSSR count). The second-order valence-electron chi connectivity index (χ2n) is 6.62. The molecule has 0 radical (unpaired) electrons. The Kier molecular flexibility index (Phi) is 6.79. The summed E-state index contributed by atoms with van der Waals surface area (Å²) in [6.45, 7) is 3.18. The predicted molar refractivity (Wildman–Crippen MR) is 116 cm³/mol. The van der Waals surface area contributed by atoms with Crippen molar-refractivity contribution in [1.29, 1.82) is 0 Å². The summed E-state index contributed by atoms with van der Waals surface area (Å²) in [6, 6.07) is 11.9. The van der Waals surface area contributed by atoms with Crippen molar-refractivity contribution in [2.75, 3.05) is 11.6 Å². The number of amides is 2. The lowest BCUT2D eigenvalue weighted by atomic mass is 10.1. The van der Waals surface area contributed by atoms with Gasteiger partial charge in [-0.25, -0.2) is 9.80 Å². The third-order valence-electron chi connectivity index (χ3n) is 3.94. The zero-order chi connectivity index (χ0) is 21.8. The molecule has 0 unspecified atom stereocenters. The monoisotopic (exact) mass is 492 g/mol. The Morgan fingerprint density at radius 1 is 1.23 bits per heavy atom. The zero-order valence-corrected chi connectivity index (χ0v) is 18.5. The SMILES string of the molecule is CC(C)OC(=O)COc1c(Cl)cc(C=C2C(=O)NN(c3ccccc3)C2=O)cc1Br. The van der Waals surface area contributed by atoms with Crippen LogP contribution in [0.3, 0.4) is 0 Å². The van der Waals surface area contributed by atoms with Crippen molar-refractivity contribution in [3.8, 4) is 5.75 Å². The molecule has 1 N–H and O–H groups in total. The highest BCUT2D eigenvalue weighted by Gasteiger charge is 2.34. The number of anilines is 1. The van der Waals surface area contributed by atoms with Gasteiger partial charge in [0.15, 0.2) is 12.4 Å². The van der Waals surface area contributed by atoms with Gasteiger partial charge in [-0.3, -0.25) is 15.0 Å². The fraction of sp³-hybridized carbons (Fsp3) is 0.190. The molecule has 2 aromatic carbocycles. The molecule has 156 valence electrons. The van der Waals surface area contributed by atoms with Crippen LogP contribution in [0.15, 0.2) is 52.5 Å². The number of hydrazine groups is 1. The summed E-state index contributed by atoms with van der Waals surface area (Å²) in [5, 5.41) is 1.39. The summed E-state index contributed by atoms with van der Waals surface area (Å²) in [5.74, 6) is -1.26. The van der Waals surface area contributed by atoms with E-state index in [1.165, 1.54) is 17.2 Å². The van der Waals surface area contributed by atoms with Gasteiger partial charge in [-0.05, 0) is 65.7 Å². The maximum Gasteiger partial charge on any atom is 0.344 e. The van der Waals surface area contributed by atoms with E-state index in [2.05, 4.69) is 21.4 Å².